The van der Waals surface area contributed by atoms with Crippen LogP contribution in [0, 0.1) is 10.8 Å². The van der Waals surface area contributed by atoms with Crippen LogP contribution < -0.4 is 10.6 Å². The van der Waals surface area contributed by atoms with Gasteiger partial charge in [0.1, 0.15) is 9.84 Å². The number of hydrogen-bond acceptors (Lipinski definition) is 3. The van der Waals surface area contributed by atoms with Gasteiger partial charge in [0.2, 0.25) is 0 Å². The second kappa shape index (κ2) is 10.9. The number of sulfone groups is 1. The SMILES string of the molecule is CCNC(=NCC(C)(C)CCS(C)(=O)=O)NCC1(CC)CCCC1.I. The van der Waals surface area contributed by atoms with Gasteiger partial charge in [-0.1, -0.05) is 33.6 Å². The maximum Gasteiger partial charge on any atom is 0.191 e. The van der Waals surface area contributed by atoms with Crippen molar-refractivity contribution in [3.8, 4) is 0 Å². The topological polar surface area (TPSA) is 70.6 Å². The van der Waals surface area contributed by atoms with Crippen LogP contribution >= 0.6 is 24.0 Å². The van der Waals surface area contributed by atoms with Gasteiger partial charge in [0, 0.05) is 25.9 Å². The molecule has 0 aromatic heterocycles. The highest BCUT2D eigenvalue weighted by Gasteiger charge is 2.32. The summed E-state index contributed by atoms with van der Waals surface area (Å²) in [4.78, 5) is 4.71. The molecule has 0 aromatic carbocycles. The van der Waals surface area contributed by atoms with E-state index in [1.807, 2.05) is 0 Å². The maximum atomic E-state index is 11.4. The largest absolute Gasteiger partial charge is 0.357 e. The first kappa shape index (κ1) is 24.9. The standard InChI is InChI=1S/C18H37N3O2S.HI/c1-6-18(10-8-9-11-18)15-21-16(19-7-2)20-14-17(3,4)12-13-24(5,22)23;/h6-15H2,1-5H3,(H2,19,20,21);1H. The van der Waals surface area contributed by atoms with Crippen LogP contribution in [0.1, 0.15) is 66.2 Å². The average molecular weight is 487 g/mol. The lowest BCUT2D eigenvalue weighted by atomic mass is 9.83. The smallest absolute Gasteiger partial charge is 0.191 e. The van der Waals surface area contributed by atoms with Crippen molar-refractivity contribution in [1.29, 1.82) is 0 Å². The molecule has 0 spiro atoms. The summed E-state index contributed by atoms with van der Waals surface area (Å²) < 4.78 is 22.8. The molecule has 0 atom stereocenters. The molecule has 25 heavy (non-hydrogen) atoms. The van der Waals surface area contributed by atoms with E-state index < -0.39 is 9.84 Å². The number of halogens is 1. The van der Waals surface area contributed by atoms with Crippen LogP contribution in [0.25, 0.3) is 0 Å². The number of guanidine groups is 1. The van der Waals surface area contributed by atoms with Gasteiger partial charge in [-0.2, -0.15) is 0 Å². The zero-order chi connectivity index (χ0) is 18.3. The molecule has 0 aliphatic heterocycles. The van der Waals surface area contributed by atoms with Crippen molar-refractivity contribution < 1.29 is 8.42 Å². The molecule has 1 aliphatic carbocycles. The third kappa shape index (κ3) is 10.0. The number of nitrogens with zero attached hydrogens (tertiary/aromatic N) is 1. The van der Waals surface area contributed by atoms with E-state index in [0.29, 0.717) is 18.4 Å². The second-order valence-corrected chi connectivity index (χ2v) is 10.4. The molecule has 150 valence electrons. The summed E-state index contributed by atoms with van der Waals surface area (Å²) in [6.07, 6.45) is 8.41. The molecule has 7 heteroatoms. The first-order chi connectivity index (χ1) is 11.1. The van der Waals surface area contributed by atoms with Crippen LogP contribution in [-0.4, -0.2) is 46.0 Å². The van der Waals surface area contributed by atoms with E-state index >= 15 is 0 Å². The molecule has 0 saturated heterocycles. The molecule has 0 bridgehead atoms. The molecule has 5 nitrogen and oxygen atoms in total. The molecule has 0 unspecified atom stereocenters. The van der Waals surface area contributed by atoms with E-state index in [4.69, 9.17) is 4.99 Å². The Bertz CT molecular complexity index is 512. The van der Waals surface area contributed by atoms with Crippen molar-refractivity contribution in [2.75, 3.05) is 31.6 Å². The summed E-state index contributed by atoms with van der Waals surface area (Å²) >= 11 is 0. The van der Waals surface area contributed by atoms with Gasteiger partial charge in [0.05, 0.1) is 5.75 Å². The number of nitrogens with one attached hydrogen (secondary N) is 2. The molecular weight excluding hydrogens is 449 g/mol. The van der Waals surface area contributed by atoms with Gasteiger partial charge in [0.15, 0.2) is 5.96 Å². The minimum absolute atomic E-state index is 0. The Morgan fingerprint density at radius 1 is 1.16 bits per heavy atom. The van der Waals surface area contributed by atoms with Gasteiger partial charge >= 0.3 is 0 Å². The van der Waals surface area contributed by atoms with Crippen LogP contribution in [0.5, 0.6) is 0 Å². The summed E-state index contributed by atoms with van der Waals surface area (Å²) in [6.45, 7) is 10.9. The normalized spacial score (nSPS) is 17.9. The molecule has 0 radical (unpaired) electrons. The van der Waals surface area contributed by atoms with Gasteiger partial charge in [0.25, 0.3) is 0 Å². The third-order valence-corrected chi connectivity index (χ3v) is 6.15. The van der Waals surface area contributed by atoms with Gasteiger partial charge < -0.3 is 10.6 Å². The maximum absolute atomic E-state index is 11.4. The van der Waals surface area contributed by atoms with Crippen molar-refractivity contribution >= 4 is 39.8 Å². The lowest BCUT2D eigenvalue weighted by Crippen LogP contribution is -2.43. The van der Waals surface area contributed by atoms with Crippen molar-refractivity contribution in [1.82, 2.24) is 10.6 Å². The summed E-state index contributed by atoms with van der Waals surface area (Å²) in [5.41, 5.74) is 0.295. The monoisotopic (exact) mass is 487 g/mol. The fourth-order valence-electron chi connectivity index (χ4n) is 3.23. The number of rotatable bonds is 9. The molecule has 0 heterocycles. The van der Waals surface area contributed by atoms with Gasteiger partial charge in [-0.15, -0.1) is 24.0 Å². The molecule has 0 amide bonds. The zero-order valence-electron chi connectivity index (χ0n) is 16.7. The van der Waals surface area contributed by atoms with Crippen LogP contribution in [-0.2, 0) is 9.84 Å². The number of aliphatic imine (C=N–C) groups is 1. The Labute approximate surface area is 172 Å². The molecule has 2 N–H and O–H groups in total. The van der Waals surface area contributed by atoms with E-state index in [1.54, 1.807) is 0 Å². The van der Waals surface area contributed by atoms with Gasteiger partial charge in [-0.05, 0) is 43.4 Å². The summed E-state index contributed by atoms with van der Waals surface area (Å²) in [7, 11) is -2.92. The molecule has 1 rings (SSSR count). The van der Waals surface area contributed by atoms with Crippen molar-refractivity contribution in [2.24, 2.45) is 15.8 Å². The van der Waals surface area contributed by atoms with Gasteiger partial charge in [-0.3, -0.25) is 4.99 Å². The second-order valence-electron chi connectivity index (χ2n) is 8.15. The quantitative estimate of drug-likeness (QED) is 0.296. The summed E-state index contributed by atoms with van der Waals surface area (Å²) in [5, 5.41) is 6.83. The predicted octanol–water partition coefficient (Wildman–Crippen LogP) is 3.59. The molecule has 1 saturated carbocycles. The average Bonchev–Trinajstić information content (AvgIpc) is 2.97. The van der Waals surface area contributed by atoms with Crippen molar-refractivity contribution in [3.63, 3.8) is 0 Å². The fourth-order valence-corrected chi connectivity index (χ4v) is 4.15. The minimum atomic E-state index is -2.92. The van der Waals surface area contributed by atoms with E-state index in [2.05, 4.69) is 38.3 Å². The van der Waals surface area contributed by atoms with Crippen molar-refractivity contribution in [3.05, 3.63) is 0 Å². The van der Waals surface area contributed by atoms with Crippen LogP contribution in [0.15, 0.2) is 4.99 Å². The molecule has 0 aromatic rings. The Morgan fingerprint density at radius 2 is 1.76 bits per heavy atom. The first-order valence-corrected chi connectivity index (χ1v) is 11.4. The lowest BCUT2D eigenvalue weighted by Gasteiger charge is -2.29. The van der Waals surface area contributed by atoms with E-state index in [9.17, 15) is 8.42 Å². The van der Waals surface area contributed by atoms with Gasteiger partial charge in [-0.25, -0.2) is 8.42 Å². The minimum Gasteiger partial charge on any atom is -0.357 e. The molecule has 1 aliphatic rings. The third-order valence-electron chi connectivity index (χ3n) is 5.20. The van der Waals surface area contributed by atoms with Crippen LogP contribution in [0.4, 0.5) is 0 Å². The first-order valence-electron chi connectivity index (χ1n) is 9.31. The van der Waals surface area contributed by atoms with E-state index in [-0.39, 0.29) is 35.1 Å². The zero-order valence-corrected chi connectivity index (χ0v) is 19.8. The summed E-state index contributed by atoms with van der Waals surface area (Å²) in [5.74, 6) is 1.07. The molecular formula is C18H38IN3O2S. The fraction of sp³-hybridized carbons (Fsp3) is 0.944. The highest BCUT2D eigenvalue weighted by molar-refractivity contribution is 14.0. The Balaban J connectivity index is 0.00000576. The Morgan fingerprint density at radius 3 is 2.24 bits per heavy atom. The summed E-state index contributed by atoms with van der Waals surface area (Å²) in [6, 6.07) is 0. The lowest BCUT2D eigenvalue weighted by molar-refractivity contribution is 0.283. The van der Waals surface area contributed by atoms with E-state index in [0.717, 1.165) is 19.0 Å². The Hall–Kier alpha value is -0.0500. The highest BCUT2D eigenvalue weighted by atomic mass is 127. The highest BCUT2D eigenvalue weighted by Crippen LogP contribution is 2.40. The predicted molar refractivity (Wildman–Crippen MR) is 119 cm³/mol. The van der Waals surface area contributed by atoms with E-state index in [1.165, 1.54) is 38.4 Å². The van der Waals surface area contributed by atoms with Crippen LogP contribution in [0.2, 0.25) is 0 Å². The van der Waals surface area contributed by atoms with Crippen molar-refractivity contribution in [2.45, 2.75) is 66.2 Å². The molecule has 1 fully saturated rings. The van der Waals surface area contributed by atoms with Crippen LogP contribution in [0.3, 0.4) is 0 Å². The number of hydrogen-bond donors (Lipinski definition) is 2. The Kier molecular flexibility index (Phi) is 10.9.